The first kappa shape index (κ1) is 12.8. The predicted molar refractivity (Wildman–Crippen MR) is 64.6 cm³/mol. The van der Waals surface area contributed by atoms with E-state index in [0.717, 1.165) is 23.2 Å². The normalized spacial score (nSPS) is 20.7. The topological polar surface area (TPSA) is 41.5 Å². The Morgan fingerprint density at radius 1 is 1.47 bits per heavy atom. The Bertz CT molecular complexity index is 329. The average Bonchev–Trinajstić information content (AvgIpc) is 2.23. The number of hydrogen-bond donors (Lipinski definition) is 2. The lowest BCUT2D eigenvalue weighted by Gasteiger charge is -2.24. The van der Waals surface area contributed by atoms with Crippen molar-refractivity contribution >= 4 is 28.3 Å². The van der Waals surface area contributed by atoms with Crippen LogP contribution in [0.4, 0.5) is 0 Å². The minimum absolute atomic E-state index is 0. The standard InChI is InChI=1S/C10H12BrNO2.ClH/c11-8-5-7(1-2-10(8)13)9-6-14-4-3-12-9;/h1-2,5,9,12-13H,3-4,6H2;1H/t9-;/m1./s1. The molecule has 1 aliphatic heterocycles. The van der Waals surface area contributed by atoms with Crippen LogP contribution in [0.5, 0.6) is 5.75 Å². The summed E-state index contributed by atoms with van der Waals surface area (Å²) in [6.07, 6.45) is 0. The summed E-state index contributed by atoms with van der Waals surface area (Å²) in [4.78, 5) is 0. The van der Waals surface area contributed by atoms with Crippen molar-refractivity contribution < 1.29 is 9.84 Å². The zero-order chi connectivity index (χ0) is 9.97. The molecular formula is C10H13BrClNO2. The molecule has 3 nitrogen and oxygen atoms in total. The minimum Gasteiger partial charge on any atom is -0.507 e. The molecule has 0 bridgehead atoms. The fourth-order valence-electron chi connectivity index (χ4n) is 1.52. The predicted octanol–water partition coefficient (Wildman–Crippen LogP) is 2.24. The summed E-state index contributed by atoms with van der Waals surface area (Å²) in [7, 11) is 0. The van der Waals surface area contributed by atoms with Gasteiger partial charge in [0.15, 0.2) is 0 Å². The van der Waals surface area contributed by atoms with E-state index in [4.69, 9.17) is 4.74 Å². The van der Waals surface area contributed by atoms with Gasteiger partial charge in [-0.3, -0.25) is 0 Å². The van der Waals surface area contributed by atoms with Crippen LogP contribution in [0.2, 0.25) is 0 Å². The summed E-state index contributed by atoms with van der Waals surface area (Å²) in [6.45, 7) is 2.34. The van der Waals surface area contributed by atoms with E-state index >= 15 is 0 Å². The molecule has 0 radical (unpaired) electrons. The molecule has 0 spiro atoms. The largest absolute Gasteiger partial charge is 0.507 e. The van der Waals surface area contributed by atoms with Gasteiger partial charge in [-0.2, -0.15) is 0 Å². The van der Waals surface area contributed by atoms with Crippen LogP contribution in [0.3, 0.4) is 0 Å². The number of phenolic OH excluding ortho intramolecular Hbond substituents is 1. The van der Waals surface area contributed by atoms with Crippen molar-refractivity contribution in [1.82, 2.24) is 5.32 Å². The Labute approximate surface area is 103 Å². The Morgan fingerprint density at radius 3 is 2.87 bits per heavy atom. The van der Waals surface area contributed by atoms with Crippen molar-refractivity contribution in [2.75, 3.05) is 19.8 Å². The summed E-state index contributed by atoms with van der Waals surface area (Å²) in [5.41, 5.74) is 1.13. The summed E-state index contributed by atoms with van der Waals surface area (Å²) in [6, 6.07) is 5.75. The van der Waals surface area contributed by atoms with Gasteiger partial charge in [-0.05, 0) is 33.6 Å². The Morgan fingerprint density at radius 2 is 2.27 bits per heavy atom. The lowest BCUT2D eigenvalue weighted by atomic mass is 10.1. The molecule has 0 unspecified atom stereocenters. The highest BCUT2D eigenvalue weighted by atomic mass is 79.9. The molecule has 15 heavy (non-hydrogen) atoms. The molecule has 5 heteroatoms. The molecule has 2 rings (SSSR count). The Kier molecular flexibility index (Phi) is 4.86. The smallest absolute Gasteiger partial charge is 0.129 e. The molecule has 0 aromatic heterocycles. The van der Waals surface area contributed by atoms with Gasteiger partial charge >= 0.3 is 0 Å². The van der Waals surface area contributed by atoms with Crippen molar-refractivity contribution in [3.8, 4) is 5.75 Å². The fourth-order valence-corrected chi connectivity index (χ4v) is 1.92. The molecule has 0 amide bonds. The first-order chi connectivity index (χ1) is 6.77. The number of benzene rings is 1. The average molecular weight is 295 g/mol. The van der Waals surface area contributed by atoms with Crippen LogP contribution < -0.4 is 5.32 Å². The van der Waals surface area contributed by atoms with Gasteiger partial charge < -0.3 is 15.2 Å². The van der Waals surface area contributed by atoms with E-state index < -0.39 is 0 Å². The maximum Gasteiger partial charge on any atom is 0.129 e. The van der Waals surface area contributed by atoms with Crippen LogP contribution in [-0.4, -0.2) is 24.9 Å². The summed E-state index contributed by atoms with van der Waals surface area (Å²) in [5, 5.41) is 12.7. The van der Waals surface area contributed by atoms with Crippen molar-refractivity contribution in [1.29, 1.82) is 0 Å². The third-order valence-corrected chi connectivity index (χ3v) is 2.93. The van der Waals surface area contributed by atoms with Crippen LogP contribution in [-0.2, 0) is 4.74 Å². The third-order valence-electron chi connectivity index (χ3n) is 2.30. The minimum atomic E-state index is 0. The second-order valence-electron chi connectivity index (χ2n) is 3.29. The highest BCUT2D eigenvalue weighted by molar-refractivity contribution is 9.10. The van der Waals surface area contributed by atoms with E-state index in [-0.39, 0.29) is 24.2 Å². The monoisotopic (exact) mass is 293 g/mol. The lowest BCUT2D eigenvalue weighted by molar-refractivity contribution is 0.0768. The number of halogens is 2. The number of hydrogen-bond acceptors (Lipinski definition) is 3. The summed E-state index contributed by atoms with van der Waals surface area (Å²) in [5.74, 6) is 0.269. The molecule has 1 heterocycles. The van der Waals surface area contributed by atoms with E-state index in [1.54, 1.807) is 6.07 Å². The molecule has 1 atom stereocenters. The van der Waals surface area contributed by atoms with Crippen LogP contribution in [0.15, 0.2) is 22.7 Å². The van der Waals surface area contributed by atoms with E-state index in [9.17, 15) is 5.11 Å². The molecule has 84 valence electrons. The SMILES string of the molecule is Cl.Oc1ccc([C@H]2COCCN2)cc1Br. The Balaban J connectivity index is 0.00000112. The first-order valence-electron chi connectivity index (χ1n) is 4.57. The van der Waals surface area contributed by atoms with Gasteiger partial charge in [0.1, 0.15) is 5.75 Å². The molecule has 1 fully saturated rings. The van der Waals surface area contributed by atoms with Crippen molar-refractivity contribution in [3.63, 3.8) is 0 Å². The highest BCUT2D eigenvalue weighted by Crippen LogP contribution is 2.27. The van der Waals surface area contributed by atoms with Crippen LogP contribution >= 0.6 is 28.3 Å². The van der Waals surface area contributed by atoms with Gasteiger partial charge in [-0.1, -0.05) is 6.07 Å². The maximum atomic E-state index is 9.34. The van der Waals surface area contributed by atoms with Crippen LogP contribution in [0.1, 0.15) is 11.6 Å². The molecule has 0 aliphatic carbocycles. The van der Waals surface area contributed by atoms with Crippen molar-refractivity contribution in [2.45, 2.75) is 6.04 Å². The molecule has 1 aromatic carbocycles. The highest BCUT2D eigenvalue weighted by Gasteiger charge is 2.15. The summed E-state index contributed by atoms with van der Waals surface area (Å²) < 4.78 is 6.09. The van der Waals surface area contributed by atoms with Gasteiger partial charge in [0, 0.05) is 6.54 Å². The van der Waals surface area contributed by atoms with Gasteiger partial charge in [0.05, 0.1) is 23.7 Å². The number of aromatic hydroxyl groups is 1. The quantitative estimate of drug-likeness (QED) is 0.835. The zero-order valence-electron chi connectivity index (χ0n) is 8.07. The molecular weight excluding hydrogens is 281 g/mol. The number of rotatable bonds is 1. The van der Waals surface area contributed by atoms with Crippen molar-refractivity contribution in [2.24, 2.45) is 0 Å². The van der Waals surface area contributed by atoms with E-state index in [1.807, 2.05) is 12.1 Å². The van der Waals surface area contributed by atoms with Gasteiger partial charge in [-0.25, -0.2) is 0 Å². The first-order valence-corrected chi connectivity index (χ1v) is 5.36. The van der Waals surface area contributed by atoms with Crippen molar-refractivity contribution in [3.05, 3.63) is 28.2 Å². The molecule has 0 saturated carbocycles. The van der Waals surface area contributed by atoms with Gasteiger partial charge in [0.25, 0.3) is 0 Å². The third kappa shape index (κ3) is 3.08. The molecule has 2 N–H and O–H groups in total. The second kappa shape index (κ2) is 5.70. The molecule has 1 saturated heterocycles. The number of phenols is 1. The summed E-state index contributed by atoms with van der Waals surface area (Å²) >= 11 is 3.29. The second-order valence-corrected chi connectivity index (χ2v) is 4.15. The Hall–Kier alpha value is -0.290. The van der Waals surface area contributed by atoms with E-state index in [0.29, 0.717) is 6.61 Å². The number of nitrogens with one attached hydrogen (secondary N) is 1. The maximum absolute atomic E-state index is 9.34. The molecule has 1 aliphatic rings. The zero-order valence-corrected chi connectivity index (χ0v) is 10.5. The number of ether oxygens (including phenoxy) is 1. The van der Waals surface area contributed by atoms with Crippen LogP contribution in [0, 0.1) is 0 Å². The number of morpholine rings is 1. The van der Waals surface area contributed by atoms with E-state index in [2.05, 4.69) is 21.2 Å². The lowest BCUT2D eigenvalue weighted by Crippen LogP contribution is -2.34. The van der Waals surface area contributed by atoms with Gasteiger partial charge in [-0.15, -0.1) is 12.4 Å². The van der Waals surface area contributed by atoms with E-state index in [1.165, 1.54) is 0 Å². The fraction of sp³-hybridized carbons (Fsp3) is 0.400. The molecule has 1 aromatic rings. The van der Waals surface area contributed by atoms with Crippen LogP contribution in [0.25, 0.3) is 0 Å². The van der Waals surface area contributed by atoms with Gasteiger partial charge in [0.2, 0.25) is 0 Å².